The van der Waals surface area contributed by atoms with Gasteiger partial charge in [0.2, 0.25) is 0 Å². The minimum absolute atomic E-state index is 0.0110. The van der Waals surface area contributed by atoms with Crippen molar-refractivity contribution in [2.75, 3.05) is 0 Å². The number of hydrogen-bond acceptors (Lipinski definition) is 5. The van der Waals surface area contributed by atoms with Crippen LogP contribution in [0.2, 0.25) is 0 Å². The van der Waals surface area contributed by atoms with Crippen molar-refractivity contribution in [2.45, 2.75) is 26.6 Å². The number of aromatic nitrogens is 5. The predicted molar refractivity (Wildman–Crippen MR) is 98.8 cm³/mol. The van der Waals surface area contributed by atoms with Gasteiger partial charge in [-0.3, -0.25) is 4.68 Å². The van der Waals surface area contributed by atoms with Gasteiger partial charge in [-0.1, -0.05) is 23.4 Å². The highest BCUT2D eigenvalue weighted by atomic mass is 19.4. The molecule has 9 heteroatoms. The average Bonchev–Trinajstić information content (AvgIpc) is 3.30. The van der Waals surface area contributed by atoms with E-state index in [9.17, 15) is 13.2 Å². The van der Waals surface area contributed by atoms with Crippen LogP contribution < -0.4 is 0 Å². The molecule has 0 bridgehead atoms. The Morgan fingerprint density at radius 3 is 2.59 bits per heavy atom. The van der Waals surface area contributed by atoms with E-state index < -0.39 is 11.9 Å². The Hall–Kier alpha value is -3.49. The van der Waals surface area contributed by atoms with Crippen molar-refractivity contribution >= 4 is 0 Å². The molecular weight excluding hydrogens is 383 g/mol. The molecule has 4 rings (SSSR count). The second-order valence-corrected chi connectivity index (χ2v) is 6.55. The average molecular weight is 399 g/mol. The highest BCUT2D eigenvalue weighted by molar-refractivity contribution is 5.67. The molecule has 3 heterocycles. The van der Waals surface area contributed by atoms with Gasteiger partial charge in [0.15, 0.2) is 5.82 Å². The number of halogens is 3. The molecule has 148 valence electrons. The van der Waals surface area contributed by atoms with Crippen molar-refractivity contribution in [1.82, 2.24) is 24.9 Å². The second kappa shape index (κ2) is 7.16. The van der Waals surface area contributed by atoms with Crippen LogP contribution >= 0.6 is 0 Å². The van der Waals surface area contributed by atoms with Gasteiger partial charge in [0.05, 0.1) is 17.9 Å². The van der Waals surface area contributed by atoms with Crippen LogP contribution in [0, 0.1) is 13.8 Å². The Balaban J connectivity index is 1.63. The number of aryl methyl sites for hydroxylation is 2. The second-order valence-electron chi connectivity index (χ2n) is 6.55. The van der Waals surface area contributed by atoms with E-state index in [0.29, 0.717) is 17.8 Å². The summed E-state index contributed by atoms with van der Waals surface area (Å²) >= 11 is 0. The SMILES string of the molecule is Cc1noc(C)c1Cn1ccc(-c2cccc(-c3nccc(C(F)(F)F)n3)c2)n1. The van der Waals surface area contributed by atoms with Gasteiger partial charge >= 0.3 is 6.18 Å². The highest BCUT2D eigenvalue weighted by Crippen LogP contribution is 2.29. The van der Waals surface area contributed by atoms with E-state index in [4.69, 9.17) is 4.52 Å². The summed E-state index contributed by atoms with van der Waals surface area (Å²) in [6, 6.07) is 9.65. The van der Waals surface area contributed by atoms with Gasteiger partial charge < -0.3 is 4.52 Å². The van der Waals surface area contributed by atoms with Crippen LogP contribution in [0.25, 0.3) is 22.6 Å². The normalized spacial score (nSPS) is 11.8. The van der Waals surface area contributed by atoms with Gasteiger partial charge in [-0.05, 0) is 32.0 Å². The lowest BCUT2D eigenvalue weighted by Crippen LogP contribution is -2.09. The molecular formula is C20H16F3N5O. The lowest BCUT2D eigenvalue weighted by Gasteiger charge is -2.07. The first kappa shape index (κ1) is 18.9. The first-order valence-corrected chi connectivity index (χ1v) is 8.77. The smallest absolute Gasteiger partial charge is 0.361 e. The molecule has 0 amide bonds. The van der Waals surface area contributed by atoms with E-state index in [0.717, 1.165) is 34.8 Å². The molecule has 0 N–H and O–H groups in total. The Labute approximate surface area is 164 Å². The summed E-state index contributed by atoms with van der Waals surface area (Å²) in [5.41, 5.74) is 2.71. The third-order valence-electron chi connectivity index (χ3n) is 4.50. The van der Waals surface area contributed by atoms with Crippen LogP contribution in [-0.4, -0.2) is 24.9 Å². The van der Waals surface area contributed by atoms with Crippen molar-refractivity contribution in [3.63, 3.8) is 0 Å². The topological polar surface area (TPSA) is 69.6 Å². The molecule has 0 atom stereocenters. The fourth-order valence-corrected chi connectivity index (χ4v) is 2.97. The van der Waals surface area contributed by atoms with Crippen molar-refractivity contribution in [2.24, 2.45) is 0 Å². The summed E-state index contributed by atoms with van der Waals surface area (Å²) in [4.78, 5) is 7.62. The monoisotopic (exact) mass is 399 g/mol. The summed E-state index contributed by atoms with van der Waals surface area (Å²) < 4.78 is 45.7. The van der Waals surface area contributed by atoms with Gasteiger partial charge in [0.25, 0.3) is 0 Å². The zero-order valence-electron chi connectivity index (χ0n) is 15.6. The zero-order chi connectivity index (χ0) is 20.6. The molecule has 6 nitrogen and oxygen atoms in total. The van der Waals surface area contributed by atoms with E-state index in [1.165, 1.54) is 0 Å². The van der Waals surface area contributed by atoms with Crippen LogP contribution in [0.15, 0.2) is 53.3 Å². The molecule has 0 saturated carbocycles. The van der Waals surface area contributed by atoms with Crippen molar-refractivity contribution in [1.29, 1.82) is 0 Å². The van der Waals surface area contributed by atoms with E-state index in [1.807, 2.05) is 32.2 Å². The molecule has 1 aromatic carbocycles. The Morgan fingerprint density at radius 2 is 1.86 bits per heavy atom. The molecule has 0 radical (unpaired) electrons. The van der Waals surface area contributed by atoms with E-state index in [2.05, 4.69) is 20.2 Å². The molecule has 0 unspecified atom stereocenters. The predicted octanol–water partition coefficient (Wildman–Crippen LogP) is 4.68. The maximum absolute atomic E-state index is 12.9. The molecule has 0 saturated heterocycles. The van der Waals surface area contributed by atoms with Crippen LogP contribution in [0.1, 0.15) is 22.7 Å². The van der Waals surface area contributed by atoms with Crippen LogP contribution in [0.3, 0.4) is 0 Å². The first-order chi connectivity index (χ1) is 13.8. The number of benzene rings is 1. The van der Waals surface area contributed by atoms with E-state index in [1.54, 1.807) is 22.9 Å². The molecule has 0 aliphatic heterocycles. The molecule has 0 aliphatic rings. The van der Waals surface area contributed by atoms with Gasteiger partial charge in [-0.2, -0.15) is 18.3 Å². The zero-order valence-corrected chi connectivity index (χ0v) is 15.6. The summed E-state index contributed by atoms with van der Waals surface area (Å²) in [6.45, 7) is 4.23. The number of hydrogen-bond donors (Lipinski definition) is 0. The van der Waals surface area contributed by atoms with Crippen LogP contribution in [0.5, 0.6) is 0 Å². The Bertz CT molecular complexity index is 1140. The molecule has 0 spiro atoms. The summed E-state index contributed by atoms with van der Waals surface area (Å²) in [6.07, 6.45) is -1.59. The maximum Gasteiger partial charge on any atom is 0.433 e. The summed E-state index contributed by atoms with van der Waals surface area (Å²) in [5.74, 6) is 0.750. The Kier molecular flexibility index (Phi) is 4.65. The van der Waals surface area contributed by atoms with Crippen LogP contribution in [-0.2, 0) is 12.7 Å². The van der Waals surface area contributed by atoms with Crippen LogP contribution in [0.4, 0.5) is 13.2 Å². The van der Waals surface area contributed by atoms with Crippen molar-refractivity contribution in [3.8, 4) is 22.6 Å². The fourth-order valence-electron chi connectivity index (χ4n) is 2.97. The number of alkyl halides is 3. The van der Waals surface area contributed by atoms with Gasteiger partial charge in [-0.25, -0.2) is 9.97 Å². The van der Waals surface area contributed by atoms with Gasteiger partial charge in [0, 0.05) is 29.1 Å². The standard InChI is InChI=1S/C20H16F3N5O/c1-12-16(13(2)29-27-12)11-28-9-7-17(26-28)14-4-3-5-15(10-14)19-24-8-6-18(25-19)20(21,22)23/h3-10H,11H2,1-2H3. The Morgan fingerprint density at radius 1 is 1.07 bits per heavy atom. The lowest BCUT2D eigenvalue weighted by molar-refractivity contribution is -0.141. The molecule has 3 aromatic heterocycles. The molecule has 29 heavy (non-hydrogen) atoms. The van der Waals surface area contributed by atoms with Crippen molar-refractivity contribution < 1.29 is 17.7 Å². The largest absolute Gasteiger partial charge is 0.433 e. The van der Waals surface area contributed by atoms with E-state index >= 15 is 0 Å². The summed E-state index contributed by atoms with van der Waals surface area (Å²) in [7, 11) is 0. The van der Waals surface area contributed by atoms with Crippen molar-refractivity contribution in [3.05, 3.63) is 71.5 Å². The van der Waals surface area contributed by atoms with Gasteiger partial charge in [-0.15, -0.1) is 0 Å². The van der Waals surface area contributed by atoms with Gasteiger partial charge in [0.1, 0.15) is 11.5 Å². The molecule has 0 fully saturated rings. The third kappa shape index (κ3) is 3.89. The quantitative estimate of drug-likeness (QED) is 0.498. The number of rotatable bonds is 4. The maximum atomic E-state index is 12.9. The highest BCUT2D eigenvalue weighted by Gasteiger charge is 2.32. The minimum Gasteiger partial charge on any atom is -0.361 e. The fraction of sp³-hybridized carbons (Fsp3) is 0.200. The lowest BCUT2D eigenvalue weighted by atomic mass is 10.1. The third-order valence-corrected chi connectivity index (χ3v) is 4.50. The minimum atomic E-state index is -4.52. The molecule has 0 aliphatic carbocycles. The number of nitrogens with zero attached hydrogens (tertiary/aromatic N) is 5. The molecule has 4 aromatic rings. The first-order valence-electron chi connectivity index (χ1n) is 8.77. The summed E-state index contributed by atoms with van der Waals surface area (Å²) in [5, 5.41) is 8.49. The van der Waals surface area contributed by atoms with E-state index in [-0.39, 0.29) is 5.82 Å².